The molecule has 1 atom stereocenters. The van der Waals surface area contributed by atoms with Gasteiger partial charge in [0.2, 0.25) is 5.84 Å². The zero-order valence-corrected chi connectivity index (χ0v) is 16.3. The van der Waals surface area contributed by atoms with Crippen LogP contribution in [0.4, 0.5) is 11.4 Å². The van der Waals surface area contributed by atoms with Crippen molar-refractivity contribution < 1.29 is 18.1 Å². The molecule has 0 bridgehead atoms. The fourth-order valence-electron chi connectivity index (χ4n) is 3.22. The molecule has 2 aliphatic rings. The van der Waals surface area contributed by atoms with Crippen LogP contribution in [0.1, 0.15) is 6.92 Å². The molecular weight excluding hydrogens is 411 g/mol. The average molecular weight is 424 g/mol. The van der Waals surface area contributed by atoms with Crippen LogP contribution in [0.5, 0.6) is 0 Å². The molecule has 0 saturated carbocycles. The molecule has 3 heterocycles. The predicted octanol–water partition coefficient (Wildman–Crippen LogP) is 1.97. The minimum atomic E-state index is -3.60. The zero-order valence-electron chi connectivity index (χ0n) is 14.0. The Morgan fingerprint density at radius 3 is 2.74 bits per heavy atom. The second kappa shape index (κ2) is 6.42. The number of amidine groups is 1. The van der Waals surface area contributed by atoms with E-state index in [0.29, 0.717) is 32.8 Å². The minimum absolute atomic E-state index is 0.0737. The van der Waals surface area contributed by atoms with Crippen molar-refractivity contribution in [1.82, 2.24) is 4.98 Å². The van der Waals surface area contributed by atoms with E-state index in [1.165, 1.54) is 24.4 Å². The molecule has 1 aromatic heterocycles. The topological polar surface area (TPSA) is 92.9 Å². The van der Waals surface area contributed by atoms with Crippen LogP contribution < -0.4 is 10.2 Å². The number of benzene rings is 1. The Kier molecular flexibility index (Phi) is 4.31. The Hall–Kier alpha value is -2.26. The molecule has 2 aliphatic heterocycles. The maximum absolute atomic E-state index is 12.7. The van der Waals surface area contributed by atoms with Crippen molar-refractivity contribution in [1.29, 1.82) is 0 Å². The molecule has 27 heavy (non-hydrogen) atoms. The zero-order chi connectivity index (χ0) is 19.3. The Labute approximate surface area is 165 Å². The lowest BCUT2D eigenvalue weighted by Crippen LogP contribution is -3.08. The summed E-state index contributed by atoms with van der Waals surface area (Å²) in [4.78, 5) is 21.8. The van der Waals surface area contributed by atoms with Crippen molar-refractivity contribution in [2.75, 3.05) is 11.1 Å². The van der Waals surface area contributed by atoms with Gasteiger partial charge in [-0.1, -0.05) is 23.2 Å². The lowest BCUT2D eigenvalue weighted by atomic mass is 10.2. The number of sulfone groups is 1. The van der Waals surface area contributed by atoms with Crippen LogP contribution in [0.3, 0.4) is 0 Å². The summed E-state index contributed by atoms with van der Waals surface area (Å²) in [7, 11) is -3.60. The third-order valence-electron chi connectivity index (χ3n) is 4.31. The number of hydrogen-bond acceptors (Lipinski definition) is 5. The molecule has 0 spiro atoms. The van der Waals surface area contributed by atoms with E-state index in [0.717, 1.165) is 0 Å². The van der Waals surface area contributed by atoms with Gasteiger partial charge in [-0.3, -0.25) is 4.79 Å². The molecular formula is C17H13Cl2N4O3S+. The van der Waals surface area contributed by atoms with E-state index < -0.39 is 15.7 Å². The number of hydrogen-bond donors (Lipinski definition) is 2. The minimum Gasteiger partial charge on any atom is -0.320 e. The highest BCUT2D eigenvalue weighted by atomic mass is 35.5. The standard InChI is InChI=1S/C17H12Cl2N4O3S/c1-9-21-16(17(24)22-11-4-5-20-15(19)7-11)13-8-27(25,26)14-3-2-10(18)6-12(14)23(9)13/h2-7H,8H2,1H3,(H,20,22,24)/p+1. The summed E-state index contributed by atoms with van der Waals surface area (Å²) in [6, 6.07) is 7.69. The molecule has 2 N–H and O–H groups in total. The maximum Gasteiger partial charge on any atom is 0.280 e. The number of aliphatic imine (C=N–C) groups is 1. The van der Waals surface area contributed by atoms with Gasteiger partial charge in [0.05, 0.1) is 0 Å². The van der Waals surface area contributed by atoms with Gasteiger partial charge in [-0.25, -0.2) is 18.3 Å². The van der Waals surface area contributed by atoms with Crippen molar-refractivity contribution in [3.63, 3.8) is 0 Å². The predicted molar refractivity (Wildman–Crippen MR) is 102 cm³/mol. The highest BCUT2D eigenvalue weighted by Crippen LogP contribution is 2.30. The molecule has 0 aliphatic carbocycles. The van der Waals surface area contributed by atoms with Gasteiger partial charge in [0.15, 0.2) is 26.9 Å². The molecule has 0 saturated heterocycles. The number of rotatable bonds is 2. The number of carbonyl (C=O) groups excluding carboxylic acids is 1. The number of fused-ring (bicyclic) bond motifs is 3. The first-order valence-electron chi connectivity index (χ1n) is 7.88. The molecule has 1 unspecified atom stereocenters. The number of nitrogens with one attached hydrogen (secondary N) is 2. The molecule has 7 nitrogen and oxygen atoms in total. The SMILES string of the molecule is CC1=NC(C(=O)Nc2ccnc(Cl)c2)=C2CS(=O)(=O)c3ccc(Cl)cc3[NH+]12. The summed E-state index contributed by atoms with van der Waals surface area (Å²) >= 11 is 11.9. The van der Waals surface area contributed by atoms with Crippen LogP contribution in [0.25, 0.3) is 0 Å². The molecule has 10 heteroatoms. The van der Waals surface area contributed by atoms with Crippen molar-refractivity contribution in [2.45, 2.75) is 11.8 Å². The highest BCUT2D eigenvalue weighted by Gasteiger charge is 2.45. The summed E-state index contributed by atoms with van der Waals surface area (Å²) in [5.41, 5.74) is 1.36. The highest BCUT2D eigenvalue weighted by molar-refractivity contribution is 7.91. The van der Waals surface area contributed by atoms with E-state index in [1.807, 2.05) is 0 Å². The lowest BCUT2D eigenvalue weighted by Gasteiger charge is -2.23. The molecule has 1 amide bonds. The van der Waals surface area contributed by atoms with Crippen LogP contribution in [-0.2, 0) is 14.6 Å². The summed E-state index contributed by atoms with van der Waals surface area (Å²) in [6.07, 6.45) is 1.46. The van der Waals surface area contributed by atoms with Gasteiger partial charge in [0.1, 0.15) is 15.8 Å². The van der Waals surface area contributed by atoms with Gasteiger partial charge in [-0.2, -0.15) is 4.99 Å². The number of nitrogens with zero attached hydrogens (tertiary/aromatic N) is 2. The van der Waals surface area contributed by atoms with E-state index in [9.17, 15) is 13.2 Å². The van der Waals surface area contributed by atoms with Crippen molar-refractivity contribution in [3.05, 3.63) is 58.1 Å². The summed E-state index contributed by atoms with van der Waals surface area (Å²) in [5.74, 6) is -0.235. The fraction of sp³-hybridized carbons (Fsp3) is 0.118. The van der Waals surface area contributed by atoms with Gasteiger partial charge in [-0.15, -0.1) is 0 Å². The quantitative estimate of drug-likeness (QED) is 0.722. The van der Waals surface area contributed by atoms with Crippen LogP contribution >= 0.6 is 23.2 Å². The number of pyridine rings is 1. The van der Waals surface area contributed by atoms with Gasteiger partial charge in [-0.05, 0) is 24.3 Å². The van der Waals surface area contributed by atoms with Crippen LogP contribution in [0, 0.1) is 0 Å². The number of anilines is 1. The van der Waals surface area contributed by atoms with Crippen LogP contribution in [-0.4, -0.2) is 30.9 Å². The first-order valence-corrected chi connectivity index (χ1v) is 10.3. The number of aromatic nitrogens is 1. The molecule has 4 rings (SSSR count). The van der Waals surface area contributed by atoms with Crippen molar-refractivity contribution in [3.8, 4) is 0 Å². The van der Waals surface area contributed by atoms with Gasteiger partial charge in [0.25, 0.3) is 5.91 Å². The van der Waals surface area contributed by atoms with E-state index in [2.05, 4.69) is 15.3 Å². The normalized spacial score (nSPS) is 20.0. The van der Waals surface area contributed by atoms with E-state index >= 15 is 0 Å². The summed E-state index contributed by atoms with van der Waals surface area (Å²) < 4.78 is 25.4. The van der Waals surface area contributed by atoms with E-state index in [1.54, 1.807) is 19.1 Å². The van der Waals surface area contributed by atoms with Crippen molar-refractivity contribution >= 4 is 56.2 Å². The van der Waals surface area contributed by atoms with Gasteiger partial charge in [0, 0.05) is 29.9 Å². The Bertz CT molecular complexity index is 1160. The summed E-state index contributed by atoms with van der Waals surface area (Å²) in [5, 5.41) is 3.32. The Balaban J connectivity index is 1.79. The third kappa shape index (κ3) is 3.14. The molecule has 2 aromatic rings. The second-order valence-electron chi connectivity index (χ2n) is 6.12. The third-order valence-corrected chi connectivity index (χ3v) is 6.45. The van der Waals surface area contributed by atoms with Crippen LogP contribution in [0.15, 0.2) is 57.8 Å². The van der Waals surface area contributed by atoms with Gasteiger partial charge < -0.3 is 5.32 Å². The first kappa shape index (κ1) is 18.1. The smallest absolute Gasteiger partial charge is 0.280 e. The second-order valence-corrected chi connectivity index (χ2v) is 8.90. The Morgan fingerprint density at radius 1 is 1.22 bits per heavy atom. The molecule has 1 aromatic carbocycles. The van der Waals surface area contributed by atoms with E-state index in [4.69, 9.17) is 23.2 Å². The maximum atomic E-state index is 12.7. The van der Waals surface area contributed by atoms with Crippen molar-refractivity contribution in [2.24, 2.45) is 4.99 Å². The fourth-order valence-corrected chi connectivity index (χ4v) is 5.15. The molecule has 0 radical (unpaired) electrons. The van der Waals surface area contributed by atoms with Crippen LogP contribution in [0.2, 0.25) is 10.2 Å². The number of halogens is 2. The summed E-state index contributed by atoms with van der Waals surface area (Å²) in [6.45, 7) is 1.74. The lowest BCUT2D eigenvalue weighted by molar-refractivity contribution is -0.684. The molecule has 0 fully saturated rings. The number of amides is 1. The largest absolute Gasteiger partial charge is 0.320 e. The van der Waals surface area contributed by atoms with Gasteiger partial charge >= 0.3 is 0 Å². The monoisotopic (exact) mass is 423 g/mol. The first-order chi connectivity index (χ1) is 12.8. The average Bonchev–Trinajstić information content (AvgIpc) is 2.90. The molecule has 138 valence electrons. The number of quaternary nitrogens is 1. The number of carbonyl (C=O) groups is 1. The Morgan fingerprint density at radius 2 is 2.00 bits per heavy atom. The van der Waals surface area contributed by atoms with E-state index in [-0.39, 0.29) is 21.5 Å².